The summed E-state index contributed by atoms with van der Waals surface area (Å²) >= 11 is 0. The minimum atomic E-state index is 0.589. The van der Waals surface area contributed by atoms with Gasteiger partial charge < -0.3 is 19.9 Å². The maximum atomic E-state index is 5.43. The van der Waals surface area contributed by atoms with Crippen molar-refractivity contribution in [3.8, 4) is 11.3 Å². The van der Waals surface area contributed by atoms with Crippen LogP contribution in [0.3, 0.4) is 0 Å². The number of ether oxygens (including phenoxy) is 1. The summed E-state index contributed by atoms with van der Waals surface area (Å²) in [5, 5.41) is 3.39. The fourth-order valence-electron chi connectivity index (χ4n) is 5.30. The second-order valence-corrected chi connectivity index (χ2v) is 9.33. The molecule has 0 radical (unpaired) electrons. The molecule has 3 aliphatic rings. The number of nitrogens with one attached hydrogen (secondary N) is 1. The number of rotatable bonds is 5. The molecule has 1 unspecified atom stereocenters. The van der Waals surface area contributed by atoms with Gasteiger partial charge in [0.25, 0.3) is 0 Å². The zero-order valence-corrected chi connectivity index (χ0v) is 19.7. The Balaban J connectivity index is 1.16. The van der Waals surface area contributed by atoms with Crippen LogP contribution < -0.4 is 15.1 Å². The largest absolute Gasteiger partial charge is 0.378 e. The van der Waals surface area contributed by atoms with E-state index in [1.165, 1.54) is 37.3 Å². The van der Waals surface area contributed by atoms with Gasteiger partial charge in [0.2, 0.25) is 5.95 Å². The Labute approximate surface area is 200 Å². The van der Waals surface area contributed by atoms with Gasteiger partial charge in [0.1, 0.15) is 5.82 Å². The van der Waals surface area contributed by atoms with E-state index in [0.717, 1.165) is 55.6 Å². The molecule has 0 amide bonds. The highest BCUT2D eigenvalue weighted by Gasteiger charge is 2.32. The molecule has 2 atom stereocenters. The van der Waals surface area contributed by atoms with E-state index in [4.69, 9.17) is 9.72 Å². The fraction of sp³-hybridized carbons (Fsp3) is 0.423. The standard InChI is InChI=1S/C26H31N7O/c1-19-16-21(3-4-24(19)33-11-10-31-9-7-22(33)18-31)29-26-27-8-6-23(30-26)20-2-5-25(28-17-20)32-12-14-34-15-13-32/h2-6,8,16-17,22H,7,9-15,18H2,1H3,(H,27,29,30)/t22-/m1/s1. The van der Waals surface area contributed by atoms with Crippen molar-refractivity contribution in [2.45, 2.75) is 19.4 Å². The number of pyridine rings is 1. The molecule has 0 spiro atoms. The van der Waals surface area contributed by atoms with Gasteiger partial charge in [-0.25, -0.2) is 15.0 Å². The third-order valence-corrected chi connectivity index (χ3v) is 7.14. The van der Waals surface area contributed by atoms with E-state index >= 15 is 0 Å². The number of piperazine rings is 1. The maximum Gasteiger partial charge on any atom is 0.227 e. The molecule has 8 nitrogen and oxygen atoms in total. The van der Waals surface area contributed by atoms with Crippen LogP contribution in [0.2, 0.25) is 0 Å². The lowest BCUT2D eigenvalue weighted by atomic mass is 10.1. The number of fused-ring (bicyclic) bond motifs is 2. The van der Waals surface area contributed by atoms with Crippen LogP contribution in [0.1, 0.15) is 12.0 Å². The van der Waals surface area contributed by atoms with Gasteiger partial charge >= 0.3 is 0 Å². The Morgan fingerprint density at radius 2 is 1.88 bits per heavy atom. The zero-order chi connectivity index (χ0) is 22.9. The van der Waals surface area contributed by atoms with Gasteiger partial charge in [0.05, 0.1) is 18.9 Å². The number of hydrogen-bond acceptors (Lipinski definition) is 8. The number of benzene rings is 1. The average Bonchev–Trinajstić information content (AvgIpc) is 3.26. The van der Waals surface area contributed by atoms with Crippen LogP contribution in [0, 0.1) is 6.92 Å². The predicted molar refractivity (Wildman–Crippen MR) is 135 cm³/mol. The lowest BCUT2D eigenvalue weighted by molar-refractivity contribution is 0.122. The number of hydrogen-bond donors (Lipinski definition) is 1. The Morgan fingerprint density at radius 1 is 0.971 bits per heavy atom. The molecular weight excluding hydrogens is 426 g/mol. The number of morpholine rings is 1. The van der Waals surface area contributed by atoms with E-state index in [9.17, 15) is 0 Å². The van der Waals surface area contributed by atoms with E-state index in [0.29, 0.717) is 12.0 Å². The first-order valence-electron chi connectivity index (χ1n) is 12.2. The molecule has 1 aromatic carbocycles. The molecule has 176 valence electrons. The van der Waals surface area contributed by atoms with Gasteiger partial charge in [-0.3, -0.25) is 4.90 Å². The number of aryl methyl sites for hydroxylation is 1. The first-order chi connectivity index (χ1) is 16.7. The van der Waals surface area contributed by atoms with Crippen LogP contribution in [-0.2, 0) is 4.74 Å². The quantitative estimate of drug-likeness (QED) is 0.626. The first-order valence-corrected chi connectivity index (χ1v) is 12.2. The van der Waals surface area contributed by atoms with E-state index < -0.39 is 0 Å². The topological polar surface area (TPSA) is 69.6 Å². The van der Waals surface area contributed by atoms with Crippen molar-refractivity contribution >= 4 is 23.1 Å². The Bertz CT molecular complexity index is 1150. The van der Waals surface area contributed by atoms with Gasteiger partial charge in [0, 0.05) is 74.6 Å². The molecule has 2 bridgehead atoms. The fourth-order valence-corrected chi connectivity index (χ4v) is 5.30. The van der Waals surface area contributed by atoms with Crippen molar-refractivity contribution in [3.63, 3.8) is 0 Å². The van der Waals surface area contributed by atoms with Crippen LogP contribution in [-0.4, -0.2) is 78.4 Å². The summed E-state index contributed by atoms with van der Waals surface area (Å²) < 4.78 is 5.43. The maximum absolute atomic E-state index is 5.43. The molecule has 3 fully saturated rings. The molecule has 2 aromatic heterocycles. The number of nitrogens with zero attached hydrogens (tertiary/aromatic N) is 6. The van der Waals surface area contributed by atoms with Gasteiger partial charge in [-0.05, 0) is 55.3 Å². The minimum absolute atomic E-state index is 0.589. The summed E-state index contributed by atoms with van der Waals surface area (Å²) in [6.45, 7) is 10.2. The van der Waals surface area contributed by atoms with Gasteiger partial charge in [-0.1, -0.05) is 0 Å². The summed E-state index contributed by atoms with van der Waals surface area (Å²) in [5.41, 5.74) is 5.46. The number of aromatic nitrogens is 3. The number of anilines is 4. The van der Waals surface area contributed by atoms with E-state index in [1.807, 2.05) is 12.3 Å². The smallest absolute Gasteiger partial charge is 0.227 e. The summed E-state index contributed by atoms with van der Waals surface area (Å²) in [4.78, 5) is 21.3. The Hall–Kier alpha value is -3.23. The minimum Gasteiger partial charge on any atom is -0.378 e. The van der Waals surface area contributed by atoms with Crippen LogP contribution in [0.4, 0.5) is 23.1 Å². The van der Waals surface area contributed by atoms with Crippen molar-refractivity contribution in [3.05, 3.63) is 54.4 Å². The molecule has 3 saturated heterocycles. The molecule has 1 N–H and O–H groups in total. The third-order valence-electron chi connectivity index (χ3n) is 7.14. The second kappa shape index (κ2) is 9.19. The molecular formula is C26H31N7O. The average molecular weight is 458 g/mol. The van der Waals surface area contributed by atoms with Gasteiger partial charge in [-0.15, -0.1) is 0 Å². The predicted octanol–water partition coefficient (Wildman–Crippen LogP) is 3.32. The molecule has 5 heterocycles. The lowest BCUT2D eigenvalue weighted by Crippen LogP contribution is -2.47. The van der Waals surface area contributed by atoms with Crippen molar-refractivity contribution in [2.75, 3.05) is 67.6 Å². The van der Waals surface area contributed by atoms with Crippen molar-refractivity contribution < 1.29 is 4.74 Å². The summed E-state index contributed by atoms with van der Waals surface area (Å²) in [6, 6.07) is 13.3. The van der Waals surface area contributed by atoms with Crippen LogP contribution >= 0.6 is 0 Å². The molecule has 6 rings (SSSR count). The normalized spacial score (nSPS) is 22.1. The van der Waals surface area contributed by atoms with Crippen LogP contribution in [0.15, 0.2) is 48.8 Å². The molecule has 3 aromatic rings. The van der Waals surface area contributed by atoms with Gasteiger partial charge in [-0.2, -0.15) is 0 Å². The highest BCUT2D eigenvalue weighted by molar-refractivity contribution is 5.66. The summed E-state index contributed by atoms with van der Waals surface area (Å²) in [5.74, 6) is 1.57. The summed E-state index contributed by atoms with van der Waals surface area (Å²) in [7, 11) is 0. The molecule has 3 aliphatic heterocycles. The Morgan fingerprint density at radius 3 is 2.71 bits per heavy atom. The monoisotopic (exact) mass is 457 g/mol. The molecule has 0 aliphatic carbocycles. The van der Waals surface area contributed by atoms with Crippen LogP contribution in [0.5, 0.6) is 0 Å². The van der Waals surface area contributed by atoms with Crippen molar-refractivity contribution in [1.82, 2.24) is 19.9 Å². The van der Waals surface area contributed by atoms with Crippen LogP contribution in [0.25, 0.3) is 11.3 Å². The van der Waals surface area contributed by atoms with Gasteiger partial charge in [0.15, 0.2) is 0 Å². The highest BCUT2D eigenvalue weighted by atomic mass is 16.5. The van der Waals surface area contributed by atoms with Crippen molar-refractivity contribution in [1.29, 1.82) is 0 Å². The van der Waals surface area contributed by atoms with E-state index in [-0.39, 0.29) is 0 Å². The third kappa shape index (κ3) is 4.31. The molecule has 34 heavy (non-hydrogen) atoms. The second-order valence-electron chi connectivity index (χ2n) is 9.33. The lowest BCUT2D eigenvalue weighted by Gasteiger charge is -2.37. The molecule has 0 saturated carbocycles. The highest BCUT2D eigenvalue weighted by Crippen LogP contribution is 2.31. The first kappa shape index (κ1) is 21.3. The zero-order valence-electron chi connectivity index (χ0n) is 19.7. The van der Waals surface area contributed by atoms with E-state index in [1.54, 1.807) is 6.20 Å². The van der Waals surface area contributed by atoms with E-state index in [2.05, 4.69) is 67.2 Å². The van der Waals surface area contributed by atoms with Crippen molar-refractivity contribution in [2.24, 2.45) is 0 Å². The summed E-state index contributed by atoms with van der Waals surface area (Å²) in [6.07, 6.45) is 4.95. The Kier molecular flexibility index (Phi) is 5.76. The SMILES string of the molecule is Cc1cc(Nc2nccc(-c3ccc(N4CCOCC4)nc3)n2)ccc1N1CCN2CC[C@@H]1C2. The molecule has 8 heteroatoms.